The monoisotopic (exact) mass is 289 g/mol. The van der Waals surface area contributed by atoms with Crippen molar-refractivity contribution in [3.63, 3.8) is 0 Å². The second-order valence-corrected chi connectivity index (χ2v) is 4.94. The molecule has 0 radical (unpaired) electrons. The summed E-state index contributed by atoms with van der Waals surface area (Å²) in [6, 6.07) is 10.4. The molecule has 1 N–H and O–H groups in total. The molecule has 0 bridgehead atoms. The normalized spacial score (nSPS) is 11.9. The molecule has 1 atom stereocenters. The van der Waals surface area contributed by atoms with Crippen molar-refractivity contribution in [2.45, 2.75) is 19.9 Å². The zero-order valence-corrected chi connectivity index (χ0v) is 12.7. The third kappa shape index (κ3) is 3.45. The third-order valence-electron chi connectivity index (χ3n) is 3.45. The first-order valence-electron chi connectivity index (χ1n) is 6.79. The van der Waals surface area contributed by atoms with Gasteiger partial charge in [-0.1, -0.05) is 12.1 Å². The topological polar surface area (TPSA) is 30.5 Å². The Bertz CT molecular complexity index is 628. The largest absolute Gasteiger partial charge is 0.493 e. The predicted molar refractivity (Wildman–Crippen MR) is 82.7 cm³/mol. The van der Waals surface area contributed by atoms with Crippen LogP contribution in [0.5, 0.6) is 11.5 Å². The van der Waals surface area contributed by atoms with Crippen molar-refractivity contribution in [1.29, 1.82) is 0 Å². The summed E-state index contributed by atoms with van der Waals surface area (Å²) in [6.45, 7) is 3.98. The molecule has 0 aliphatic heterocycles. The third-order valence-corrected chi connectivity index (χ3v) is 3.45. The predicted octanol–water partition coefficient (Wildman–Crippen LogP) is 4.32. The molecule has 0 saturated heterocycles. The summed E-state index contributed by atoms with van der Waals surface area (Å²) in [7, 11) is 3.22. The van der Waals surface area contributed by atoms with Crippen LogP contribution < -0.4 is 14.8 Å². The molecule has 0 aromatic heterocycles. The number of methoxy groups -OCH3 is 2. The van der Waals surface area contributed by atoms with Gasteiger partial charge in [0.15, 0.2) is 11.5 Å². The summed E-state index contributed by atoms with van der Waals surface area (Å²) in [4.78, 5) is 0. The van der Waals surface area contributed by atoms with Crippen molar-refractivity contribution in [2.75, 3.05) is 19.5 Å². The van der Waals surface area contributed by atoms with Gasteiger partial charge in [-0.05, 0) is 43.2 Å². The lowest BCUT2D eigenvalue weighted by Crippen LogP contribution is -2.08. The number of halogens is 1. The van der Waals surface area contributed by atoms with Crippen LogP contribution in [0.25, 0.3) is 0 Å². The van der Waals surface area contributed by atoms with Crippen molar-refractivity contribution in [1.82, 2.24) is 0 Å². The standard InChI is InChI=1S/C17H20FNO2/c1-11-8-16(20-3)17(21-4)10-15(11)19-12(2)13-6-5-7-14(18)9-13/h5-10,12,19H,1-4H3. The Balaban J connectivity index is 2.26. The van der Waals surface area contributed by atoms with Gasteiger partial charge in [0.2, 0.25) is 0 Å². The highest BCUT2D eigenvalue weighted by molar-refractivity contribution is 5.60. The number of benzene rings is 2. The van der Waals surface area contributed by atoms with E-state index in [2.05, 4.69) is 5.32 Å². The molecule has 0 amide bonds. The Morgan fingerprint density at radius 3 is 2.33 bits per heavy atom. The molecule has 1 unspecified atom stereocenters. The molecule has 4 heteroatoms. The van der Waals surface area contributed by atoms with Crippen molar-refractivity contribution in [3.8, 4) is 11.5 Å². The highest BCUT2D eigenvalue weighted by Crippen LogP contribution is 2.34. The first-order chi connectivity index (χ1) is 10.0. The van der Waals surface area contributed by atoms with Crippen LogP contribution in [0.4, 0.5) is 10.1 Å². The first kappa shape index (κ1) is 15.2. The van der Waals surface area contributed by atoms with E-state index >= 15 is 0 Å². The summed E-state index contributed by atoms with van der Waals surface area (Å²) in [6.07, 6.45) is 0. The van der Waals surface area contributed by atoms with E-state index in [1.807, 2.05) is 32.0 Å². The first-order valence-corrected chi connectivity index (χ1v) is 6.79. The summed E-state index contributed by atoms with van der Waals surface area (Å²) in [5.74, 6) is 1.13. The molecule has 0 heterocycles. The quantitative estimate of drug-likeness (QED) is 0.889. The Morgan fingerprint density at radius 2 is 1.71 bits per heavy atom. The Labute approximate surface area is 124 Å². The highest BCUT2D eigenvalue weighted by atomic mass is 19.1. The van der Waals surface area contributed by atoms with E-state index in [0.29, 0.717) is 11.5 Å². The number of aryl methyl sites for hydroxylation is 1. The van der Waals surface area contributed by atoms with Gasteiger partial charge in [-0.2, -0.15) is 0 Å². The van der Waals surface area contributed by atoms with Crippen LogP contribution in [0.3, 0.4) is 0 Å². The van der Waals surface area contributed by atoms with Crippen LogP contribution >= 0.6 is 0 Å². The van der Waals surface area contributed by atoms with Gasteiger partial charge >= 0.3 is 0 Å². The van der Waals surface area contributed by atoms with Gasteiger partial charge in [0, 0.05) is 17.8 Å². The fourth-order valence-corrected chi connectivity index (χ4v) is 2.23. The average Bonchev–Trinajstić information content (AvgIpc) is 2.48. The van der Waals surface area contributed by atoms with Gasteiger partial charge in [0.05, 0.1) is 14.2 Å². The zero-order chi connectivity index (χ0) is 15.4. The second kappa shape index (κ2) is 6.48. The molecular weight excluding hydrogens is 269 g/mol. The molecule has 0 aliphatic carbocycles. The molecule has 2 rings (SSSR count). The molecule has 0 fully saturated rings. The van der Waals surface area contributed by atoms with Crippen LogP contribution in [-0.2, 0) is 0 Å². The SMILES string of the molecule is COc1cc(C)c(NC(C)c2cccc(F)c2)cc1OC. The van der Waals surface area contributed by atoms with Crippen LogP contribution in [0, 0.1) is 12.7 Å². The maximum atomic E-state index is 13.3. The van der Waals surface area contributed by atoms with E-state index in [-0.39, 0.29) is 11.9 Å². The number of hydrogen-bond acceptors (Lipinski definition) is 3. The van der Waals surface area contributed by atoms with E-state index in [1.54, 1.807) is 20.3 Å². The molecular formula is C17H20FNO2. The summed E-state index contributed by atoms with van der Waals surface area (Å²) in [5, 5.41) is 3.38. The van der Waals surface area contributed by atoms with Gasteiger partial charge in [0.25, 0.3) is 0 Å². The van der Waals surface area contributed by atoms with Gasteiger partial charge in [-0.3, -0.25) is 0 Å². The van der Waals surface area contributed by atoms with E-state index in [4.69, 9.17) is 9.47 Å². The number of rotatable bonds is 5. The van der Waals surface area contributed by atoms with Crippen LogP contribution in [0.2, 0.25) is 0 Å². The Morgan fingerprint density at radius 1 is 1.05 bits per heavy atom. The van der Waals surface area contributed by atoms with E-state index in [1.165, 1.54) is 12.1 Å². The highest BCUT2D eigenvalue weighted by Gasteiger charge is 2.12. The minimum atomic E-state index is -0.231. The second-order valence-electron chi connectivity index (χ2n) is 4.94. The molecule has 0 saturated carbocycles. The van der Waals surface area contributed by atoms with Crippen molar-refractivity contribution in [3.05, 3.63) is 53.3 Å². The van der Waals surface area contributed by atoms with E-state index in [0.717, 1.165) is 16.8 Å². The molecule has 3 nitrogen and oxygen atoms in total. The summed E-state index contributed by atoms with van der Waals surface area (Å²) < 4.78 is 23.9. The van der Waals surface area contributed by atoms with E-state index < -0.39 is 0 Å². The summed E-state index contributed by atoms with van der Waals surface area (Å²) >= 11 is 0. The minimum Gasteiger partial charge on any atom is -0.493 e. The molecule has 21 heavy (non-hydrogen) atoms. The molecule has 2 aromatic carbocycles. The lowest BCUT2D eigenvalue weighted by Gasteiger charge is -2.19. The van der Waals surface area contributed by atoms with Crippen LogP contribution in [-0.4, -0.2) is 14.2 Å². The maximum Gasteiger partial charge on any atom is 0.162 e. The van der Waals surface area contributed by atoms with Gasteiger partial charge in [-0.15, -0.1) is 0 Å². The number of ether oxygens (including phenoxy) is 2. The number of anilines is 1. The van der Waals surface area contributed by atoms with E-state index in [9.17, 15) is 4.39 Å². The Kier molecular flexibility index (Phi) is 4.68. The molecule has 2 aromatic rings. The smallest absolute Gasteiger partial charge is 0.162 e. The average molecular weight is 289 g/mol. The van der Waals surface area contributed by atoms with Crippen LogP contribution in [0.1, 0.15) is 24.1 Å². The number of hydrogen-bond donors (Lipinski definition) is 1. The van der Waals surface area contributed by atoms with Gasteiger partial charge < -0.3 is 14.8 Å². The van der Waals surface area contributed by atoms with Gasteiger partial charge in [0.1, 0.15) is 5.82 Å². The van der Waals surface area contributed by atoms with Crippen molar-refractivity contribution >= 4 is 5.69 Å². The van der Waals surface area contributed by atoms with Crippen LogP contribution in [0.15, 0.2) is 36.4 Å². The molecule has 0 spiro atoms. The van der Waals surface area contributed by atoms with Crippen molar-refractivity contribution in [2.24, 2.45) is 0 Å². The van der Waals surface area contributed by atoms with Gasteiger partial charge in [-0.25, -0.2) is 4.39 Å². The maximum absolute atomic E-state index is 13.3. The fourth-order valence-electron chi connectivity index (χ4n) is 2.23. The molecule has 112 valence electrons. The minimum absolute atomic E-state index is 0.0162. The molecule has 0 aliphatic rings. The zero-order valence-electron chi connectivity index (χ0n) is 12.7. The lowest BCUT2D eigenvalue weighted by atomic mass is 10.1. The number of nitrogens with one attached hydrogen (secondary N) is 1. The fraction of sp³-hybridized carbons (Fsp3) is 0.294. The lowest BCUT2D eigenvalue weighted by molar-refractivity contribution is 0.355. The Hall–Kier alpha value is -2.23. The van der Waals surface area contributed by atoms with Crippen molar-refractivity contribution < 1.29 is 13.9 Å². The summed E-state index contributed by atoms with van der Waals surface area (Å²) in [5.41, 5.74) is 2.87.